The first-order chi connectivity index (χ1) is 12.5. The van der Waals surface area contributed by atoms with E-state index in [1.807, 2.05) is 12.1 Å². The summed E-state index contributed by atoms with van der Waals surface area (Å²) in [4.78, 5) is 12.0. The predicted molar refractivity (Wildman–Crippen MR) is 96.3 cm³/mol. The standard InChI is InChI=1S/C18H22ClNO6/c1-25-18-15(17(24)16(23)13(10-21)26-18)20-14(22)5-3-2-4-11-6-8-12(19)9-7-11/h2-9,13,15-18,21,23-24H,10H2,1H3,(H,20,22)/b4-2+,5-3+. The lowest BCUT2D eigenvalue weighted by Gasteiger charge is -2.41. The van der Waals surface area contributed by atoms with Gasteiger partial charge < -0.3 is 30.1 Å². The van der Waals surface area contributed by atoms with Crippen molar-refractivity contribution >= 4 is 23.6 Å². The minimum atomic E-state index is -1.34. The van der Waals surface area contributed by atoms with Crippen LogP contribution in [0.4, 0.5) is 0 Å². The zero-order chi connectivity index (χ0) is 19.1. The Morgan fingerprint density at radius 3 is 2.58 bits per heavy atom. The number of carbonyl (C=O) groups excluding carboxylic acids is 1. The van der Waals surface area contributed by atoms with E-state index in [9.17, 15) is 15.0 Å². The van der Waals surface area contributed by atoms with Crippen molar-refractivity contribution in [3.05, 3.63) is 53.1 Å². The number of hydrogen-bond donors (Lipinski definition) is 4. The normalized spacial score (nSPS) is 29.3. The van der Waals surface area contributed by atoms with Crippen LogP contribution >= 0.6 is 11.6 Å². The van der Waals surface area contributed by atoms with Crippen LogP contribution in [0.15, 0.2) is 42.5 Å². The molecule has 4 N–H and O–H groups in total. The van der Waals surface area contributed by atoms with Crippen LogP contribution in [0, 0.1) is 0 Å². The van der Waals surface area contributed by atoms with Crippen molar-refractivity contribution in [3.8, 4) is 0 Å². The highest BCUT2D eigenvalue weighted by atomic mass is 35.5. The van der Waals surface area contributed by atoms with Gasteiger partial charge in [-0.05, 0) is 17.7 Å². The summed E-state index contributed by atoms with van der Waals surface area (Å²) in [7, 11) is 1.34. The summed E-state index contributed by atoms with van der Waals surface area (Å²) in [5, 5.41) is 32.4. The van der Waals surface area contributed by atoms with Crippen LogP contribution in [0.25, 0.3) is 6.08 Å². The molecule has 142 valence electrons. The van der Waals surface area contributed by atoms with Gasteiger partial charge in [-0.2, -0.15) is 0 Å². The monoisotopic (exact) mass is 383 g/mol. The molecule has 1 heterocycles. The van der Waals surface area contributed by atoms with Gasteiger partial charge in [0.05, 0.1) is 6.61 Å². The number of benzene rings is 1. The van der Waals surface area contributed by atoms with Gasteiger partial charge in [0.25, 0.3) is 0 Å². The Morgan fingerprint density at radius 2 is 1.96 bits per heavy atom. The van der Waals surface area contributed by atoms with Crippen LogP contribution < -0.4 is 5.32 Å². The van der Waals surface area contributed by atoms with Gasteiger partial charge >= 0.3 is 0 Å². The van der Waals surface area contributed by atoms with Crippen LogP contribution in [-0.4, -0.2) is 65.6 Å². The number of halogens is 1. The van der Waals surface area contributed by atoms with Crippen molar-refractivity contribution in [2.24, 2.45) is 0 Å². The highest BCUT2D eigenvalue weighted by molar-refractivity contribution is 6.30. The van der Waals surface area contributed by atoms with Crippen molar-refractivity contribution in [1.82, 2.24) is 5.32 Å². The quantitative estimate of drug-likeness (QED) is 0.420. The number of ether oxygens (including phenoxy) is 2. The zero-order valence-corrected chi connectivity index (χ0v) is 14.9. The average Bonchev–Trinajstić information content (AvgIpc) is 2.64. The average molecular weight is 384 g/mol. The lowest BCUT2D eigenvalue weighted by atomic mass is 9.97. The molecule has 1 aliphatic heterocycles. The van der Waals surface area contributed by atoms with Gasteiger partial charge in [0.2, 0.25) is 5.91 Å². The largest absolute Gasteiger partial charge is 0.394 e. The predicted octanol–water partition coefficient (Wildman–Crippen LogP) is 0.480. The summed E-state index contributed by atoms with van der Waals surface area (Å²) in [6.07, 6.45) is 1.63. The molecule has 1 amide bonds. The number of aliphatic hydroxyl groups is 3. The number of nitrogens with one attached hydrogen (secondary N) is 1. The molecular formula is C18H22ClNO6. The van der Waals surface area contributed by atoms with Crippen LogP contribution in [0.2, 0.25) is 5.02 Å². The Labute approximate surface area is 156 Å². The minimum absolute atomic E-state index is 0.478. The molecule has 0 saturated carbocycles. The third-order valence-corrected chi connectivity index (χ3v) is 4.19. The second-order valence-electron chi connectivity index (χ2n) is 5.75. The van der Waals surface area contributed by atoms with Crippen LogP contribution in [-0.2, 0) is 14.3 Å². The molecule has 1 fully saturated rings. The molecule has 5 unspecified atom stereocenters. The van der Waals surface area contributed by atoms with Crippen molar-refractivity contribution in [2.75, 3.05) is 13.7 Å². The molecule has 5 atom stereocenters. The fourth-order valence-corrected chi connectivity index (χ4v) is 2.66. The van der Waals surface area contributed by atoms with Gasteiger partial charge in [-0.15, -0.1) is 0 Å². The van der Waals surface area contributed by atoms with E-state index in [4.69, 9.17) is 26.2 Å². The first-order valence-corrected chi connectivity index (χ1v) is 8.40. The number of allylic oxidation sites excluding steroid dienone is 2. The van der Waals surface area contributed by atoms with Crippen molar-refractivity contribution in [3.63, 3.8) is 0 Å². The molecular weight excluding hydrogens is 362 g/mol. The van der Waals surface area contributed by atoms with Crippen LogP contribution in [0.1, 0.15) is 5.56 Å². The van der Waals surface area contributed by atoms with Crippen molar-refractivity contribution < 1.29 is 29.6 Å². The lowest BCUT2D eigenvalue weighted by Crippen LogP contribution is -2.64. The topological polar surface area (TPSA) is 108 Å². The summed E-state index contributed by atoms with van der Waals surface area (Å²) >= 11 is 5.81. The lowest BCUT2D eigenvalue weighted by molar-refractivity contribution is -0.262. The second kappa shape index (κ2) is 9.82. The molecule has 26 heavy (non-hydrogen) atoms. The Balaban J connectivity index is 1.93. The van der Waals surface area contributed by atoms with Crippen LogP contribution in [0.5, 0.6) is 0 Å². The molecule has 0 spiro atoms. The number of aliphatic hydroxyl groups excluding tert-OH is 3. The Morgan fingerprint density at radius 1 is 1.27 bits per heavy atom. The van der Waals surface area contributed by atoms with Crippen molar-refractivity contribution in [2.45, 2.75) is 30.6 Å². The number of hydrogen-bond acceptors (Lipinski definition) is 6. The van der Waals surface area contributed by atoms with Gasteiger partial charge in [0.15, 0.2) is 6.29 Å². The summed E-state index contributed by atoms with van der Waals surface area (Å²) in [6.45, 7) is -0.478. The summed E-state index contributed by atoms with van der Waals surface area (Å²) in [5.74, 6) is -0.491. The summed E-state index contributed by atoms with van der Waals surface area (Å²) in [6, 6.07) is 6.22. The number of amides is 1. The van der Waals surface area contributed by atoms with Gasteiger partial charge in [-0.3, -0.25) is 4.79 Å². The molecule has 0 aliphatic carbocycles. The van der Waals surface area contributed by atoms with E-state index in [-0.39, 0.29) is 0 Å². The highest BCUT2D eigenvalue weighted by Gasteiger charge is 2.44. The maximum atomic E-state index is 12.0. The SMILES string of the molecule is COC1OC(CO)C(O)C(O)C1NC(=O)/C=C/C=C/c1ccc(Cl)cc1. The fourth-order valence-electron chi connectivity index (χ4n) is 2.53. The first-order valence-electron chi connectivity index (χ1n) is 8.02. The third kappa shape index (κ3) is 5.38. The molecule has 0 bridgehead atoms. The summed E-state index contributed by atoms with van der Waals surface area (Å²) < 4.78 is 10.4. The van der Waals surface area contributed by atoms with Gasteiger partial charge in [-0.25, -0.2) is 0 Å². The number of carbonyl (C=O) groups is 1. The number of methoxy groups -OCH3 is 1. The molecule has 7 nitrogen and oxygen atoms in total. The molecule has 2 rings (SSSR count). The molecule has 8 heteroatoms. The third-order valence-electron chi connectivity index (χ3n) is 3.94. The van der Waals surface area contributed by atoms with Crippen LogP contribution in [0.3, 0.4) is 0 Å². The Hall–Kier alpha value is -1.74. The van der Waals surface area contributed by atoms with E-state index in [2.05, 4.69) is 5.32 Å². The Kier molecular flexibility index (Phi) is 7.77. The Bertz CT molecular complexity index is 646. The molecule has 1 aromatic rings. The van der Waals surface area contributed by atoms with E-state index < -0.39 is 43.2 Å². The molecule has 0 radical (unpaired) electrons. The maximum Gasteiger partial charge on any atom is 0.244 e. The zero-order valence-electron chi connectivity index (χ0n) is 14.2. The van der Waals surface area contributed by atoms with E-state index >= 15 is 0 Å². The molecule has 1 saturated heterocycles. The van der Waals surface area contributed by atoms with E-state index in [0.717, 1.165) is 5.56 Å². The van der Waals surface area contributed by atoms with E-state index in [1.165, 1.54) is 19.3 Å². The fraction of sp³-hybridized carbons (Fsp3) is 0.389. The van der Waals surface area contributed by atoms with Gasteiger partial charge in [0.1, 0.15) is 24.4 Å². The summed E-state index contributed by atoms with van der Waals surface area (Å²) in [5.41, 5.74) is 0.924. The molecule has 0 aromatic heterocycles. The first kappa shape index (κ1) is 20.6. The smallest absolute Gasteiger partial charge is 0.244 e. The van der Waals surface area contributed by atoms with Crippen molar-refractivity contribution in [1.29, 1.82) is 0 Å². The minimum Gasteiger partial charge on any atom is -0.394 e. The molecule has 1 aliphatic rings. The van der Waals surface area contributed by atoms with Gasteiger partial charge in [-0.1, -0.05) is 42.0 Å². The van der Waals surface area contributed by atoms with Gasteiger partial charge in [0, 0.05) is 18.2 Å². The highest BCUT2D eigenvalue weighted by Crippen LogP contribution is 2.21. The molecule has 1 aromatic carbocycles. The second-order valence-corrected chi connectivity index (χ2v) is 6.18. The maximum absolute atomic E-state index is 12.0. The number of rotatable bonds is 6. The van der Waals surface area contributed by atoms with E-state index in [1.54, 1.807) is 24.3 Å². The van der Waals surface area contributed by atoms with E-state index in [0.29, 0.717) is 5.02 Å².